The molecule has 3 heteroatoms. The van der Waals surface area contributed by atoms with E-state index in [-0.39, 0.29) is 11.3 Å². The number of carbonyl (C=O) groups is 1. The fourth-order valence-corrected chi connectivity index (χ4v) is 3.91. The van der Waals surface area contributed by atoms with Gasteiger partial charge in [0, 0.05) is 41.5 Å². The first kappa shape index (κ1) is 16.1. The van der Waals surface area contributed by atoms with Crippen molar-refractivity contribution in [3.05, 3.63) is 35.5 Å². The molecule has 3 nitrogen and oxygen atoms in total. The molecule has 0 bridgehead atoms. The number of hydrogen-bond donors (Lipinski definition) is 1. The van der Waals surface area contributed by atoms with Crippen molar-refractivity contribution in [3.8, 4) is 0 Å². The molecule has 0 unspecified atom stereocenters. The van der Waals surface area contributed by atoms with Crippen molar-refractivity contribution in [2.75, 3.05) is 6.54 Å². The van der Waals surface area contributed by atoms with E-state index in [1.54, 1.807) is 0 Å². The lowest BCUT2D eigenvalue weighted by atomic mass is 9.81. The molecule has 1 N–H and O–H groups in total. The van der Waals surface area contributed by atoms with Crippen LogP contribution in [0.4, 0.5) is 0 Å². The second kappa shape index (κ2) is 6.38. The van der Waals surface area contributed by atoms with Crippen molar-refractivity contribution >= 4 is 16.8 Å². The van der Waals surface area contributed by atoms with Gasteiger partial charge in [0.25, 0.3) is 0 Å². The van der Waals surface area contributed by atoms with Gasteiger partial charge in [-0.15, -0.1) is 0 Å². The summed E-state index contributed by atoms with van der Waals surface area (Å²) < 4.78 is 2.50. The molecule has 1 aromatic carbocycles. The molecule has 1 aromatic heterocycles. The number of nitrogens with one attached hydrogen (secondary N) is 1. The molecule has 0 saturated heterocycles. The smallest absolute Gasteiger partial charge is 0.220 e. The van der Waals surface area contributed by atoms with E-state index < -0.39 is 0 Å². The second-order valence-corrected chi connectivity index (χ2v) is 7.36. The average Bonchev–Trinajstić information content (AvgIpc) is 2.89. The van der Waals surface area contributed by atoms with Crippen LogP contribution in [0.3, 0.4) is 0 Å². The number of amides is 1. The largest absolute Gasteiger partial charge is 0.355 e. The number of carbonyl (C=O) groups excluding carboxylic acids is 1. The van der Waals surface area contributed by atoms with E-state index in [4.69, 9.17) is 0 Å². The SMILES string of the molecule is CCCC(=O)NCC(C)(C)c1c2n(c3ccccc13)CCCC2. The molecule has 1 aliphatic rings. The molecule has 0 atom stereocenters. The first-order valence-electron chi connectivity index (χ1n) is 8.92. The third-order valence-corrected chi connectivity index (χ3v) is 5.01. The quantitative estimate of drug-likeness (QED) is 0.883. The lowest BCUT2D eigenvalue weighted by Crippen LogP contribution is -2.37. The predicted octanol–water partition coefficient (Wildman–Crippen LogP) is 4.17. The van der Waals surface area contributed by atoms with Gasteiger partial charge in [0.1, 0.15) is 0 Å². The summed E-state index contributed by atoms with van der Waals surface area (Å²) >= 11 is 0. The summed E-state index contributed by atoms with van der Waals surface area (Å²) in [6, 6.07) is 8.73. The third kappa shape index (κ3) is 3.01. The number of benzene rings is 1. The van der Waals surface area contributed by atoms with Gasteiger partial charge in [0.15, 0.2) is 0 Å². The van der Waals surface area contributed by atoms with Crippen molar-refractivity contribution in [1.29, 1.82) is 0 Å². The minimum absolute atomic E-state index is 0.0546. The number of para-hydroxylation sites is 1. The summed E-state index contributed by atoms with van der Waals surface area (Å²) in [5.41, 5.74) is 4.21. The molecule has 0 fully saturated rings. The molecule has 0 spiro atoms. The van der Waals surface area contributed by atoms with Crippen molar-refractivity contribution in [3.63, 3.8) is 0 Å². The van der Waals surface area contributed by atoms with Crippen LogP contribution in [0.15, 0.2) is 24.3 Å². The van der Waals surface area contributed by atoms with Crippen molar-refractivity contribution < 1.29 is 4.79 Å². The van der Waals surface area contributed by atoms with Gasteiger partial charge in [-0.3, -0.25) is 4.79 Å². The van der Waals surface area contributed by atoms with Crippen LogP contribution in [0.5, 0.6) is 0 Å². The maximum absolute atomic E-state index is 11.9. The van der Waals surface area contributed by atoms with Crippen molar-refractivity contribution in [1.82, 2.24) is 9.88 Å². The first-order chi connectivity index (χ1) is 11.0. The summed E-state index contributed by atoms with van der Waals surface area (Å²) in [6.07, 6.45) is 5.19. The topological polar surface area (TPSA) is 34.0 Å². The van der Waals surface area contributed by atoms with Gasteiger partial charge < -0.3 is 9.88 Å². The van der Waals surface area contributed by atoms with Gasteiger partial charge in [-0.2, -0.15) is 0 Å². The highest BCUT2D eigenvalue weighted by Gasteiger charge is 2.30. The zero-order valence-electron chi connectivity index (χ0n) is 14.6. The maximum Gasteiger partial charge on any atom is 0.220 e. The van der Waals surface area contributed by atoms with Gasteiger partial charge in [-0.05, 0) is 37.3 Å². The molecular formula is C20H28N2O. The highest BCUT2D eigenvalue weighted by atomic mass is 16.1. The Bertz CT molecular complexity index is 712. The Labute approximate surface area is 139 Å². The Balaban J connectivity index is 1.99. The van der Waals surface area contributed by atoms with Crippen molar-refractivity contribution in [2.24, 2.45) is 0 Å². The van der Waals surface area contributed by atoms with Gasteiger partial charge >= 0.3 is 0 Å². The molecule has 0 radical (unpaired) electrons. The Hall–Kier alpha value is -1.77. The van der Waals surface area contributed by atoms with E-state index in [1.807, 2.05) is 6.92 Å². The molecule has 0 saturated carbocycles. The lowest BCUT2D eigenvalue weighted by Gasteiger charge is -2.28. The van der Waals surface area contributed by atoms with Crippen LogP contribution < -0.4 is 5.32 Å². The molecule has 3 rings (SSSR count). The fraction of sp³-hybridized carbons (Fsp3) is 0.550. The standard InChI is InChI=1S/C20H28N2O/c1-4-9-18(23)21-14-20(2,3)19-15-10-5-6-11-16(15)22-13-8-7-12-17(19)22/h5-6,10-11H,4,7-9,12-14H2,1-3H3,(H,21,23). The first-order valence-corrected chi connectivity index (χ1v) is 8.92. The predicted molar refractivity (Wildman–Crippen MR) is 95.8 cm³/mol. The Morgan fingerprint density at radius 3 is 2.83 bits per heavy atom. The number of aromatic nitrogens is 1. The van der Waals surface area contributed by atoms with Crippen LogP contribution in [-0.4, -0.2) is 17.0 Å². The van der Waals surface area contributed by atoms with Crippen molar-refractivity contribution in [2.45, 2.75) is 64.8 Å². The van der Waals surface area contributed by atoms with Gasteiger partial charge in [-0.1, -0.05) is 39.0 Å². The molecule has 2 aromatic rings. The van der Waals surface area contributed by atoms with Crippen LogP contribution >= 0.6 is 0 Å². The zero-order chi connectivity index (χ0) is 16.4. The highest BCUT2D eigenvalue weighted by Crippen LogP contribution is 2.38. The lowest BCUT2D eigenvalue weighted by molar-refractivity contribution is -0.121. The number of rotatable bonds is 5. The third-order valence-electron chi connectivity index (χ3n) is 5.01. The molecule has 23 heavy (non-hydrogen) atoms. The number of nitrogens with zero attached hydrogens (tertiary/aromatic N) is 1. The number of fused-ring (bicyclic) bond motifs is 3. The molecule has 1 amide bonds. The van der Waals surface area contributed by atoms with Gasteiger partial charge in [0.05, 0.1) is 0 Å². The van der Waals surface area contributed by atoms with E-state index in [0.29, 0.717) is 13.0 Å². The monoisotopic (exact) mass is 312 g/mol. The highest BCUT2D eigenvalue weighted by molar-refractivity contribution is 5.87. The van der Waals surface area contributed by atoms with Crippen LogP contribution in [0.25, 0.3) is 10.9 Å². The maximum atomic E-state index is 11.9. The Morgan fingerprint density at radius 2 is 2.04 bits per heavy atom. The van der Waals surface area contributed by atoms with Crippen LogP contribution in [-0.2, 0) is 23.2 Å². The summed E-state index contributed by atoms with van der Waals surface area (Å²) in [5.74, 6) is 0.165. The molecule has 1 aliphatic heterocycles. The Kier molecular flexibility index (Phi) is 4.47. The summed E-state index contributed by atoms with van der Waals surface area (Å²) in [5, 5.41) is 4.50. The van der Waals surface area contributed by atoms with Crippen LogP contribution in [0, 0.1) is 0 Å². The summed E-state index contributed by atoms with van der Waals surface area (Å²) in [4.78, 5) is 11.9. The van der Waals surface area contributed by atoms with E-state index in [0.717, 1.165) is 19.4 Å². The summed E-state index contributed by atoms with van der Waals surface area (Å²) in [6.45, 7) is 8.39. The zero-order valence-corrected chi connectivity index (χ0v) is 14.6. The molecule has 0 aliphatic carbocycles. The van der Waals surface area contributed by atoms with E-state index in [1.165, 1.54) is 35.0 Å². The van der Waals surface area contributed by atoms with Gasteiger partial charge in [0.2, 0.25) is 5.91 Å². The summed E-state index contributed by atoms with van der Waals surface area (Å²) in [7, 11) is 0. The average molecular weight is 312 g/mol. The van der Waals surface area contributed by atoms with E-state index in [2.05, 4.69) is 48.0 Å². The van der Waals surface area contributed by atoms with Gasteiger partial charge in [-0.25, -0.2) is 0 Å². The van der Waals surface area contributed by atoms with Crippen LogP contribution in [0.2, 0.25) is 0 Å². The van der Waals surface area contributed by atoms with E-state index in [9.17, 15) is 4.79 Å². The number of hydrogen-bond acceptors (Lipinski definition) is 1. The van der Waals surface area contributed by atoms with E-state index >= 15 is 0 Å². The normalized spacial score (nSPS) is 14.7. The molecule has 124 valence electrons. The molecule has 2 heterocycles. The Morgan fingerprint density at radius 1 is 1.26 bits per heavy atom. The number of aryl methyl sites for hydroxylation is 1. The van der Waals surface area contributed by atoms with Crippen LogP contribution in [0.1, 0.15) is 57.7 Å². The minimum atomic E-state index is -0.0546. The fourth-order valence-electron chi connectivity index (χ4n) is 3.91. The second-order valence-electron chi connectivity index (χ2n) is 7.36. The minimum Gasteiger partial charge on any atom is -0.355 e. The molecular weight excluding hydrogens is 284 g/mol.